The fraction of sp³-hybridized carbons (Fsp3) is 0.222. The minimum absolute atomic E-state index is 0.120. The van der Waals surface area contributed by atoms with E-state index in [4.69, 9.17) is 4.74 Å². The van der Waals surface area contributed by atoms with Crippen molar-refractivity contribution in [3.05, 3.63) is 58.3 Å². The van der Waals surface area contributed by atoms with Crippen molar-refractivity contribution >= 4 is 32.9 Å². The lowest BCUT2D eigenvalue weighted by molar-refractivity contribution is 0.0952. The third-order valence-corrected chi connectivity index (χ3v) is 4.42. The van der Waals surface area contributed by atoms with Gasteiger partial charge in [-0.25, -0.2) is 4.98 Å². The number of nitrogens with zero attached hydrogens (tertiary/aromatic N) is 1. The van der Waals surface area contributed by atoms with E-state index in [1.54, 1.807) is 13.2 Å². The SMILES string of the molecule is COc1ccc(Br)c(C(=O)NCCCc2nc3ccccc3[nH]2)c1. The van der Waals surface area contributed by atoms with Crippen LogP contribution in [0.1, 0.15) is 22.6 Å². The van der Waals surface area contributed by atoms with Crippen LogP contribution in [0.15, 0.2) is 46.9 Å². The summed E-state index contributed by atoms with van der Waals surface area (Å²) in [6.07, 6.45) is 1.60. The van der Waals surface area contributed by atoms with Gasteiger partial charge in [-0.05, 0) is 52.7 Å². The fourth-order valence-corrected chi connectivity index (χ4v) is 2.91. The monoisotopic (exact) mass is 387 g/mol. The molecule has 24 heavy (non-hydrogen) atoms. The molecule has 1 heterocycles. The number of fused-ring (bicyclic) bond motifs is 1. The number of H-pyrrole nitrogens is 1. The average molecular weight is 388 g/mol. The Balaban J connectivity index is 1.53. The molecular weight excluding hydrogens is 370 g/mol. The van der Waals surface area contributed by atoms with Gasteiger partial charge in [-0.3, -0.25) is 4.79 Å². The van der Waals surface area contributed by atoms with Gasteiger partial charge in [0.25, 0.3) is 5.91 Å². The average Bonchev–Trinajstić information content (AvgIpc) is 3.01. The zero-order valence-electron chi connectivity index (χ0n) is 13.3. The van der Waals surface area contributed by atoms with E-state index >= 15 is 0 Å². The second-order valence-corrected chi connectivity index (χ2v) is 6.26. The Morgan fingerprint density at radius 1 is 1.29 bits per heavy atom. The second-order valence-electron chi connectivity index (χ2n) is 5.41. The van der Waals surface area contributed by atoms with Gasteiger partial charge in [0.05, 0.1) is 23.7 Å². The quantitative estimate of drug-likeness (QED) is 0.633. The number of hydrogen-bond acceptors (Lipinski definition) is 3. The topological polar surface area (TPSA) is 67.0 Å². The molecule has 0 fully saturated rings. The van der Waals surface area contributed by atoms with E-state index in [0.717, 1.165) is 34.2 Å². The van der Waals surface area contributed by atoms with E-state index in [1.807, 2.05) is 36.4 Å². The van der Waals surface area contributed by atoms with Crippen LogP contribution in [-0.4, -0.2) is 29.5 Å². The van der Waals surface area contributed by atoms with Crippen LogP contribution in [0, 0.1) is 0 Å². The zero-order valence-corrected chi connectivity index (χ0v) is 14.9. The molecule has 2 N–H and O–H groups in total. The number of rotatable bonds is 6. The Bertz CT molecular complexity index is 827. The standard InChI is InChI=1S/C18H18BrN3O2/c1-24-12-8-9-14(19)13(11-12)18(23)20-10-4-7-17-21-15-5-2-3-6-16(15)22-17/h2-3,5-6,8-9,11H,4,7,10H2,1H3,(H,20,23)(H,21,22). The van der Waals surface area contributed by atoms with Crippen molar-refractivity contribution in [3.8, 4) is 5.75 Å². The van der Waals surface area contributed by atoms with Gasteiger partial charge < -0.3 is 15.0 Å². The number of imidazole rings is 1. The van der Waals surface area contributed by atoms with Crippen molar-refractivity contribution in [3.63, 3.8) is 0 Å². The first-order valence-corrected chi connectivity index (χ1v) is 8.52. The molecule has 124 valence electrons. The van der Waals surface area contributed by atoms with Crippen LogP contribution in [0.3, 0.4) is 0 Å². The molecule has 2 aromatic carbocycles. The second kappa shape index (κ2) is 7.49. The number of para-hydroxylation sites is 2. The number of carbonyl (C=O) groups excluding carboxylic acids is 1. The number of halogens is 1. The van der Waals surface area contributed by atoms with E-state index in [-0.39, 0.29) is 5.91 Å². The Labute approximate surface area is 148 Å². The first kappa shape index (κ1) is 16.5. The van der Waals surface area contributed by atoms with Gasteiger partial charge in [0.2, 0.25) is 0 Å². The molecule has 1 aromatic heterocycles. The summed E-state index contributed by atoms with van der Waals surface area (Å²) in [5, 5.41) is 2.93. The van der Waals surface area contributed by atoms with Gasteiger partial charge in [-0.2, -0.15) is 0 Å². The summed E-state index contributed by atoms with van der Waals surface area (Å²) in [6, 6.07) is 13.3. The largest absolute Gasteiger partial charge is 0.497 e. The van der Waals surface area contributed by atoms with Crippen LogP contribution in [0.2, 0.25) is 0 Å². The highest BCUT2D eigenvalue weighted by Gasteiger charge is 2.11. The minimum atomic E-state index is -0.120. The molecular formula is C18H18BrN3O2. The number of carbonyl (C=O) groups is 1. The van der Waals surface area contributed by atoms with Crippen LogP contribution in [0.5, 0.6) is 5.75 Å². The van der Waals surface area contributed by atoms with Crippen molar-refractivity contribution < 1.29 is 9.53 Å². The van der Waals surface area contributed by atoms with Crippen LogP contribution in [-0.2, 0) is 6.42 Å². The van der Waals surface area contributed by atoms with Crippen LogP contribution >= 0.6 is 15.9 Å². The lowest BCUT2D eigenvalue weighted by atomic mass is 10.2. The van der Waals surface area contributed by atoms with Crippen molar-refractivity contribution in [2.45, 2.75) is 12.8 Å². The highest BCUT2D eigenvalue weighted by molar-refractivity contribution is 9.10. The number of amides is 1. The molecule has 0 aliphatic heterocycles. The normalized spacial score (nSPS) is 10.8. The van der Waals surface area contributed by atoms with Gasteiger partial charge in [0.1, 0.15) is 11.6 Å². The minimum Gasteiger partial charge on any atom is -0.497 e. The smallest absolute Gasteiger partial charge is 0.252 e. The number of ether oxygens (including phenoxy) is 1. The van der Waals surface area contributed by atoms with E-state index in [2.05, 4.69) is 31.2 Å². The summed E-state index contributed by atoms with van der Waals surface area (Å²) in [6.45, 7) is 0.583. The van der Waals surface area contributed by atoms with Crippen molar-refractivity contribution in [2.75, 3.05) is 13.7 Å². The number of aromatic amines is 1. The molecule has 0 saturated carbocycles. The predicted octanol–water partition coefficient (Wildman–Crippen LogP) is 3.70. The lowest BCUT2D eigenvalue weighted by Gasteiger charge is -2.08. The van der Waals surface area contributed by atoms with Crippen LogP contribution in [0.25, 0.3) is 11.0 Å². The summed E-state index contributed by atoms with van der Waals surface area (Å²) in [4.78, 5) is 20.1. The van der Waals surface area contributed by atoms with Gasteiger partial charge in [0, 0.05) is 17.4 Å². The first-order chi connectivity index (χ1) is 11.7. The predicted molar refractivity (Wildman–Crippen MR) is 97.4 cm³/mol. The Morgan fingerprint density at radius 2 is 2.12 bits per heavy atom. The van der Waals surface area contributed by atoms with Gasteiger partial charge in [0.15, 0.2) is 0 Å². The fourth-order valence-electron chi connectivity index (χ4n) is 2.48. The number of nitrogens with one attached hydrogen (secondary N) is 2. The molecule has 0 aliphatic carbocycles. The number of methoxy groups -OCH3 is 1. The first-order valence-electron chi connectivity index (χ1n) is 7.73. The van der Waals surface area contributed by atoms with E-state index < -0.39 is 0 Å². The summed E-state index contributed by atoms with van der Waals surface area (Å²) < 4.78 is 5.91. The Hall–Kier alpha value is -2.34. The van der Waals surface area contributed by atoms with E-state index in [9.17, 15) is 4.79 Å². The molecule has 0 saturated heterocycles. The molecule has 0 aliphatic rings. The van der Waals surface area contributed by atoms with Crippen molar-refractivity contribution in [2.24, 2.45) is 0 Å². The number of aromatic nitrogens is 2. The van der Waals surface area contributed by atoms with Gasteiger partial charge >= 0.3 is 0 Å². The molecule has 0 atom stereocenters. The molecule has 0 unspecified atom stereocenters. The van der Waals surface area contributed by atoms with Gasteiger partial charge in [-0.15, -0.1) is 0 Å². The molecule has 3 rings (SSSR count). The van der Waals surface area contributed by atoms with E-state index in [0.29, 0.717) is 17.9 Å². The molecule has 0 radical (unpaired) electrons. The highest BCUT2D eigenvalue weighted by atomic mass is 79.9. The zero-order chi connectivity index (χ0) is 16.9. The summed E-state index contributed by atoms with van der Waals surface area (Å²) >= 11 is 3.39. The molecule has 0 spiro atoms. The summed E-state index contributed by atoms with van der Waals surface area (Å²) in [5.74, 6) is 1.48. The van der Waals surface area contributed by atoms with Crippen LogP contribution in [0.4, 0.5) is 0 Å². The molecule has 5 nitrogen and oxygen atoms in total. The molecule has 1 amide bonds. The number of aryl methyl sites for hydroxylation is 1. The maximum Gasteiger partial charge on any atom is 0.252 e. The lowest BCUT2D eigenvalue weighted by Crippen LogP contribution is -2.25. The summed E-state index contributed by atoms with van der Waals surface area (Å²) in [7, 11) is 1.58. The summed E-state index contributed by atoms with van der Waals surface area (Å²) in [5.41, 5.74) is 2.58. The number of benzene rings is 2. The van der Waals surface area contributed by atoms with E-state index in [1.165, 1.54) is 0 Å². The Kier molecular flexibility index (Phi) is 5.15. The molecule has 0 bridgehead atoms. The maximum absolute atomic E-state index is 12.3. The van der Waals surface area contributed by atoms with Gasteiger partial charge in [-0.1, -0.05) is 12.1 Å². The van der Waals surface area contributed by atoms with Crippen molar-refractivity contribution in [1.82, 2.24) is 15.3 Å². The van der Waals surface area contributed by atoms with Crippen molar-refractivity contribution in [1.29, 1.82) is 0 Å². The third-order valence-electron chi connectivity index (χ3n) is 3.73. The Morgan fingerprint density at radius 3 is 2.92 bits per heavy atom. The maximum atomic E-state index is 12.3. The number of hydrogen-bond donors (Lipinski definition) is 2. The van der Waals surface area contributed by atoms with Crippen LogP contribution < -0.4 is 10.1 Å². The molecule has 3 aromatic rings. The third kappa shape index (κ3) is 3.76. The highest BCUT2D eigenvalue weighted by Crippen LogP contribution is 2.22. The molecule has 6 heteroatoms.